The molecule has 0 aliphatic rings. The van der Waals surface area contributed by atoms with Crippen molar-refractivity contribution < 1.29 is 19.8 Å². The summed E-state index contributed by atoms with van der Waals surface area (Å²) in [6.45, 7) is 4.19. The number of hydrogen-bond donors (Lipinski definition) is 3. The van der Waals surface area contributed by atoms with E-state index in [1.807, 2.05) is 24.4 Å². The molecule has 0 aliphatic carbocycles. The topological polar surface area (TPSA) is 89.9 Å². The Morgan fingerprint density at radius 3 is 2.70 bits per heavy atom. The molecule has 1 aromatic rings. The summed E-state index contributed by atoms with van der Waals surface area (Å²) in [6.07, 6.45) is -0.412. The lowest BCUT2D eigenvalue weighted by atomic mass is 10.0. The fourth-order valence-corrected chi connectivity index (χ4v) is 2.40. The van der Waals surface area contributed by atoms with Gasteiger partial charge in [-0.3, -0.25) is 4.79 Å². The highest BCUT2D eigenvalue weighted by atomic mass is 32.1. The Morgan fingerprint density at radius 1 is 1.50 bits per heavy atom. The number of rotatable bonds is 7. The zero-order valence-corrected chi connectivity index (χ0v) is 12.4. The molecule has 1 atom stereocenters. The average molecular weight is 300 g/mol. The van der Waals surface area contributed by atoms with Gasteiger partial charge in [-0.15, -0.1) is 11.3 Å². The minimum absolute atomic E-state index is 0.0981. The number of amides is 2. The summed E-state index contributed by atoms with van der Waals surface area (Å²) < 4.78 is 0. The predicted molar refractivity (Wildman–Crippen MR) is 76.7 cm³/mol. The minimum atomic E-state index is -1.45. The summed E-state index contributed by atoms with van der Waals surface area (Å²) in [4.78, 5) is 25.2. The van der Waals surface area contributed by atoms with Gasteiger partial charge in [-0.2, -0.15) is 0 Å². The van der Waals surface area contributed by atoms with Crippen LogP contribution in [0.1, 0.15) is 25.1 Å². The van der Waals surface area contributed by atoms with E-state index in [4.69, 9.17) is 5.11 Å². The van der Waals surface area contributed by atoms with Gasteiger partial charge in [0, 0.05) is 18.0 Å². The van der Waals surface area contributed by atoms with Crippen LogP contribution < -0.4 is 5.32 Å². The van der Waals surface area contributed by atoms with Gasteiger partial charge in [-0.25, -0.2) is 4.79 Å². The van der Waals surface area contributed by atoms with Gasteiger partial charge < -0.3 is 20.4 Å². The first-order valence-corrected chi connectivity index (χ1v) is 7.21. The predicted octanol–water partition coefficient (Wildman–Crippen LogP) is 1.51. The smallest absolute Gasteiger partial charge is 0.317 e. The molecule has 2 amide bonds. The van der Waals surface area contributed by atoms with Crippen LogP contribution in [0.3, 0.4) is 0 Å². The van der Waals surface area contributed by atoms with Crippen LogP contribution >= 0.6 is 11.3 Å². The molecular formula is C13H20N2O4S. The van der Waals surface area contributed by atoms with E-state index in [-0.39, 0.29) is 12.6 Å². The molecule has 1 aromatic heterocycles. The largest absolute Gasteiger partial charge is 0.481 e. The van der Waals surface area contributed by atoms with Crippen molar-refractivity contribution in [3.05, 3.63) is 22.4 Å². The number of nitrogens with one attached hydrogen (secondary N) is 1. The molecule has 0 spiro atoms. The molecule has 0 saturated heterocycles. The third-order valence-electron chi connectivity index (χ3n) is 2.75. The van der Waals surface area contributed by atoms with Crippen molar-refractivity contribution in [1.29, 1.82) is 0 Å². The number of aliphatic hydroxyl groups is 1. The Hall–Kier alpha value is -1.60. The summed E-state index contributed by atoms with van der Waals surface area (Å²) in [6, 6.07) is 3.55. The second kappa shape index (κ2) is 7.25. The lowest BCUT2D eigenvalue weighted by Gasteiger charge is -2.25. The van der Waals surface area contributed by atoms with E-state index in [0.29, 0.717) is 13.1 Å². The van der Waals surface area contributed by atoms with Gasteiger partial charge in [-0.05, 0) is 25.3 Å². The van der Waals surface area contributed by atoms with E-state index in [0.717, 1.165) is 4.88 Å². The molecule has 0 radical (unpaired) electrons. The molecule has 20 heavy (non-hydrogen) atoms. The lowest BCUT2D eigenvalue weighted by Crippen LogP contribution is -2.47. The molecule has 0 saturated carbocycles. The number of thiophene rings is 1. The molecule has 0 fully saturated rings. The number of carbonyl (C=O) groups is 2. The molecule has 6 nitrogen and oxygen atoms in total. The number of hydrogen-bond acceptors (Lipinski definition) is 4. The van der Waals surface area contributed by atoms with E-state index in [1.54, 1.807) is 16.2 Å². The van der Waals surface area contributed by atoms with Crippen molar-refractivity contribution in [2.24, 2.45) is 0 Å². The third kappa shape index (κ3) is 5.58. The van der Waals surface area contributed by atoms with Gasteiger partial charge >= 0.3 is 12.0 Å². The fourth-order valence-electron chi connectivity index (χ4n) is 1.68. The zero-order valence-electron chi connectivity index (χ0n) is 11.6. The Morgan fingerprint density at radius 2 is 2.20 bits per heavy atom. The molecule has 7 heteroatoms. The van der Waals surface area contributed by atoms with Gasteiger partial charge in [0.05, 0.1) is 18.6 Å². The van der Waals surface area contributed by atoms with Crippen LogP contribution in [-0.2, 0) is 11.3 Å². The Bertz CT molecular complexity index is 445. The van der Waals surface area contributed by atoms with Crippen molar-refractivity contribution in [2.75, 3.05) is 13.1 Å². The highest BCUT2D eigenvalue weighted by molar-refractivity contribution is 7.09. The van der Waals surface area contributed by atoms with Crippen LogP contribution in [0.15, 0.2) is 17.5 Å². The summed E-state index contributed by atoms with van der Waals surface area (Å²) in [7, 11) is 0. The van der Waals surface area contributed by atoms with Crippen LogP contribution in [0.4, 0.5) is 4.79 Å². The maximum atomic E-state index is 12.0. The molecule has 0 bridgehead atoms. The maximum absolute atomic E-state index is 12.0. The normalized spacial score (nSPS) is 13.6. The van der Waals surface area contributed by atoms with Crippen molar-refractivity contribution in [3.8, 4) is 0 Å². The fraction of sp³-hybridized carbons (Fsp3) is 0.538. The molecular weight excluding hydrogens is 280 g/mol. The Kier molecular flexibility index (Phi) is 5.97. The second-order valence-corrected chi connectivity index (χ2v) is 5.85. The third-order valence-corrected chi connectivity index (χ3v) is 3.61. The molecule has 1 unspecified atom stereocenters. The average Bonchev–Trinajstić information content (AvgIpc) is 2.84. The van der Waals surface area contributed by atoms with Gasteiger partial charge in [0.25, 0.3) is 0 Å². The molecule has 0 aliphatic heterocycles. The van der Waals surface area contributed by atoms with Crippen molar-refractivity contribution in [2.45, 2.75) is 32.4 Å². The monoisotopic (exact) mass is 300 g/mol. The molecule has 1 heterocycles. The highest BCUT2D eigenvalue weighted by Crippen LogP contribution is 2.12. The molecule has 3 N–H and O–H groups in total. The number of carbonyl (C=O) groups excluding carboxylic acids is 1. The number of urea groups is 1. The number of carboxylic acids is 1. The molecule has 1 rings (SSSR count). The summed E-state index contributed by atoms with van der Waals surface area (Å²) >= 11 is 1.57. The van der Waals surface area contributed by atoms with Gasteiger partial charge in [-0.1, -0.05) is 6.07 Å². The van der Waals surface area contributed by atoms with E-state index in [1.165, 1.54) is 6.92 Å². The van der Waals surface area contributed by atoms with Gasteiger partial charge in [0.1, 0.15) is 0 Å². The van der Waals surface area contributed by atoms with Crippen molar-refractivity contribution >= 4 is 23.3 Å². The van der Waals surface area contributed by atoms with E-state index in [9.17, 15) is 14.7 Å². The van der Waals surface area contributed by atoms with Crippen LogP contribution in [0.25, 0.3) is 0 Å². The van der Waals surface area contributed by atoms with E-state index in [2.05, 4.69) is 5.32 Å². The molecule has 0 aromatic carbocycles. The van der Waals surface area contributed by atoms with Crippen LogP contribution in [0, 0.1) is 0 Å². The van der Waals surface area contributed by atoms with Crippen molar-refractivity contribution in [3.63, 3.8) is 0 Å². The SMILES string of the molecule is CCN(Cc1cccs1)C(=O)NCC(C)(O)CC(=O)O. The first-order chi connectivity index (χ1) is 9.34. The first kappa shape index (κ1) is 16.5. The quantitative estimate of drug-likeness (QED) is 0.712. The summed E-state index contributed by atoms with van der Waals surface area (Å²) in [5, 5.41) is 23.0. The van der Waals surface area contributed by atoms with E-state index >= 15 is 0 Å². The van der Waals surface area contributed by atoms with Crippen LogP contribution in [0.2, 0.25) is 0 Å². The van der Waals surface area contributed by atoms with Crippen LogP contribution in [-0.4, -0.2) is 45.8 Å². The number of nitrogens with zero attached hydrogens (tertiary/aromatic N) is 1. The van der Waals surface area contributed by atoms with Gasteiger partial charge in [0.2, 0.25) is 0 Å². The Balaban J connectivity index is 2.49. The minimum Gasteiger partial charge on any atom is -0.481 e. The number of aliphatic carboxylic acids is 1. The van der Waals surface area contributed by atoms with Gasteiger partial charge in [0.15, 0.2) is 0 Å². The van der Waals surface area contributed by atoms with Crippen molar-refractivity contribution in [1.82, 2.24) is 10.2 Å². The Labute approximate surface area is 122 Å². The summed E-state index contributed by atoms with van der Waals surface area (Å²) in [5.41, 5.74) is -1.45. The highest BCUT2D eigenvalue weighted by Gasteiger charge is 2.25. The standard InChI is InChI=1S/C13H20N2O4S/c1-3-15(8-10-5-4-6-20-10)12(18)14-9-13(2,19)7-11(16)17/h4-6,19H,3,7-9H2,1-2H3,(H,14,18)(H,16,17). The second-order valence-electron chi connectivity index (χ2n) is 4.82. The van der Waals surface area contributed by atoms with E-state index < -0.39 is 18.0 Å². The van der Waals surface area contributed by atoms with Crippen LogP contribution in [0.5, 0.6) is 0 Å². The number of carboxylic acid groups (broad SMARTS) is 1. The maximum Gasteiger partial charge on any atom is 0.317 e. The lowest BCUT2D eigenvalue weighted by molar-refractivity contribution is -0.141. The molecule has 112 valence electrons. The summed E-state index contributed by atoms with van der Waals surface area (Å²) in [5.74, 6) is -1.10. The first-order valence-electron chi connectivity index (χ1n) is 6.33. The zero-order chi connectivity index (χ0) is 15.2.